The summed E-state index contributed by atoms with van der Waals surface area (Å²) >= 11 is 0. The van der Waals surface area contributed by atoms with Crippen molar-refractivity contribution < 1.29 is 14.4 Å². The predicted molar refractivity (Wildman–Crippen MR) is 64.6 cm³/mol. The van der Waals surface area contributed by atoms with Gasteiger partial charge in [-0.2, -0.15) is 5.26 Å². The van der Waals surface area contributed by atoms with Gasteiger partial charge in [0.15, 0.2) is 5.78 Å². The maximum absolute atomic E-state index is 11.5. The number of Topliss-reactive ketones (excluding diaryl/α,β-unsaturated/α-hetero) is 1. The number of carbonyl (C=O) groups is 2. The van der Waals surface area contributed by atoms with Gasteiger partial charge in [-0.15, -0.1) is 0 Å². The smallest absolute Gasteiger partial charge is 0.323 e. The van der Waals surface area contributed by atoms with E-state index in [2.05, 4.69) is 21.4 Å². The number of nitrogens with zero attached hydrogens (tertiary/aromatic N) is 2. The fourth-order valence-electron chi connectivity index (χ4n) is 2.24. The van der Waals surface area contributed by atoms with E-state index in [1.165, 1.54) is 14.0 Å². The van der Waals surface area contributed by atoms with Gasteiger partial charge in [0, 0.05) is 26.3 Å². The lowest BCUT2D eigenvalue weighted by Gasteiger charge is -2.03. The van der Waals surface area contributed by atoms with Crippen LogP contribution in [0.15, 0.2) is 5.16 Å². The summed E-state index contributed by atoms with van der Waals surface area (Å²) in [6.45, 7) is 5.32. The van der Waals surface area contributed by atoms with Crippen LogP contribution in [0.4, 0.5) is 4.79 Å². The van der Waals surface area contributed by atoms with Crippen LogP contribution in [-0.4, -0.2) is 24.6 Å². The predicted octanol–water partition coefficient (Wildman–Crippen LogP) is 1.47. The molecule has 1 fully saturated rings. The molecular formula is C12H17N3O3. The minimum Gasteiger partial charge on any atom is -0.323 e. The van der Waals surface area contributed by atoms with E-state index >= 15 is 0 Å². The Morgan fingerprint density at radius 2 is 2.11 bits per heavy atom. The number of nitriles is 1. The van der Waals surface area contributed by atoms with E-state index < -0.39 is 6.09 Å². The highest BCUT2D eigenvalue weighted by Crippen LogP contribution is 2.60. The van der Waals surface area contributed by atoms with Crippen molar-refractivity contribution in [3.63, 3.8) is 0 Å². The van der Waals surface area contributed by atoms with Crippen molar-refractivity contribution in [2.75, 3.05) is 7.05 Å². The molecule has 98 valence electrons. The normalized spacial score (nSPS) is 24.9. The zero-order valence-electron chi connectivity index (χ0n) is 11.0. The Hall–Kier alpha value is -1.90. The molecule has 18 heavy (non-hydrogen) atoms. The van der Waals surface area contributed by atoms with Crippen LogP contribution in [0, 0.1) is 28.6 Å². The van der Waals surface area contributed by atoms with Crippen molar-refractivity contribution >= 4 is 17.6 Å². The van der Waals surface area contributed by atoms with Gasteiger partial charge >= 0.3 is 6.09 Å². The second-order valence-electron chi connectivity index (χ2n) is 4.93. The molecule has 0 heterocycles. The first kappa shape index (κ1) is 14.2. The molecule has 0 saturated heterocycles. The fraction of sp³-hybridized carbons (Fsp3) is 0.667. The molecule has 0 aromatic heterocycles. The maximum Gasteiger partial charge on any atom is 0.433 e. The lowest BCUT2D eigenvalue weighted by Crippen LogP contribution is -2.21. The first-order valence-electron chi connectivity index (χ1n) is 5.70. The Morgan fingerprint density at radius 1 is 1.50 bits per heavy atom. The molecule has 0 aromatic rings. The summed E-state index contributed by atoms with van der Waals surface area (Å²) in [6.07, 6.45) is -0.353. The Labute approximate surface area is 106 Å². The highest BCUT2D eigenvalue weighted by atomic mass is 16.7. The van der Waals surface area contributed by atoms with Crippen LogP contribution in [0.25, 0.3) is 0 Å². The molecule has 1 rings (SSSR count). The van der Waals surface area contributed by atoms with E-state index in [1.807, 2.05) is 13.8 Å². The van der Waals surface area contributed by atoms with Crippen LogP contribution in [0.1, 0.15) is 27.2 Å². The molecule has 0 radical (unpaired) electrons. The summed E-state index contributed by atoms with van der Waals surface area (Å²) in [5.74, 6) is -0.282. The lowest BCUT2D eigenvalue weighted by molar-refractivity contribution is -0.111. The third kappa shape index (κ3) is 2.67. The fourth-order valence-corrected chi connectivity index (χ4v) is 2.24. The number of carbonyl (C=O) groups excluding carboxylic acids is 2. The zero-order chi connectivity index (χ0) is 13.9. The largest absolute Gasteiger partial charge is 0.433 e. The highest BCUT2D eigenvalue weighted by Gasteiger charge is 2.60. The molecule has 0 aliphatic heterocycles. The van der Waals surface area contributed by atoms with E-state index in [9.17, 15) is 9.59 Å². The summed E-state index contributed by atoms with van der Waals surface area (Å²) in [5, 5.41) is 14.6. The van der Waals surface area contributed by atoms with E-state index in [0.29, 0.717) is 6.42 Å². The summed E-state index contributed by atoms with van der Waals surface area (Å²) in [6, 6.07) is 2.10. The number of ketones is 1. The van der Waals surface area contributed by atoms with Crippen LogP contribution >= 0.6 is 0 Å². The average Bonchev–Trinajstić information content (AvgIpc) is 2.81. The molecule has 1 N–H and O–H groups in total. The number of nitrogens with one attached hydrogen (secondary N) is 1. The van der Waals surface area contributed by atoms with E-state index in [-0.39, 0.29) is 28.7 Å². The summed E-state index contributed by atoms with van der Waals surface area (Å²) in [4.78, 5) is 27.1. The molecule has 1 saturated carbocycles. The standard InChI is InChI=1S/C12H17N3O3/c1-7(16)10(15-18-11(17)14-4)9-8(5-6-13)12(9,2)3/h8-9H,5H2,1-4H3,(H,14,17)/b15-10-/t8-,9-/m0/s1. The van der Waals surface area contributed by atoms with Crippen LogP contribution < -0.4 is 5.32 Å². The molecular weight excluding hydrogens is 234 g/mol. The molecule has 6 nitrogen and oxygen atoms in total. The average molecular weight is 251 g/mol. The first-order valence-corrected chi connectivity index (χ1v) is 5.70. The Balaban J connectivity index is 2.86. The van der Waals surface area contributed by atoms with Crippen LogP contribution in [0.3, 0.4) is 0 Å². The molecule has 1 aliphatic carbocycles. The van der Waals surface area contributed by atoms with Gasteiger partial charge in [-0.05, 0) is 11.3 Å². The quantitative estimate of drug-likeness (QED) is 0.465. The molecule has 1 amide bonds. The Kier molecular flexibility index (Phi) is 4.07. The van der Waals surface area contributed by atoms with E-state index in [1.54, 1.807) is 0 Å². The third-order valence-corrected chi connectivity index (χ3v) is 3.45. The summed E-state index contributed by atoms with van der Waals surface area (Å²) < 4.78 is 0. The van der Waals surface area contributed by atoms with Crippen molar-refractivity contribution in [3.8, 4) is 6.07 Å². The minimum absolute atomic E-state index is 0.0819. The molecule has 6 heteroatoms. The second kappa shape index (κ2) is 5.17. The molecule has 0 bridgehead atoms. The van der Waals surface area contributed by atoms with Crippen molar-refractivity contribution in [2.24, 2.45) is 22.4 Å². The number of hydrogen-bond acceptors (Lipinski definition) is 5. The van der Waals surface area contributed by atoms with Crippen molar-refractivity contribution in [2.45, 2.75) is 27.2 Å². The number of rotatable bonds is 4. The van der Waals surface area contributed by atoms with Gasteiger partial charge in [-0.3, -0.25) is 9.63 Å². The summed E-state index contributed by atoms with van der Waals surface area (Å²) in [7, 11) is 1.41. The van der Waals surface area contributed by atoms with E-state index in [0.717, 1.165) is 0 Å². The Bertz CT molecular complexity index is 434. The molecule has 0 aromatic carbocycles. The zero-order valence-corrected chi connectivity index (χ0v) is 11.0. The van der Waals surface area contributed by atoms with E-state index in [4.69, 9.17) is 5.26 Å². The highest BCUT2D eigenvalue weighted by molar-refractivity contribution is 6.40. The van der Waals surface area contributed by atoms with Gasteiger partial charge in [-0.25, -0.2) is 4.79 Å². The monoisotopic (exact) mass is 251 g/mol. The number of amides is 1. The first-order chi connectivity index (χ1) is 8.36. The van der Waals surface area contributed by atoms with Gasteiger partial charge in [0.05, 0.1) is 6.07 Å². The lowest BCUT2D eigenvalue weighted by atomic mass is 10.0. The Morgan fingerprint density at radius 3 is 2.56 bits per heavy atom. The van der Waals surface area contributed by atoms with Gasteiger partial charge in [0.2, 0.25) is 0 Å². The summed E-state index contributed by atoms with van der Waals surface area (Å²) in [5.41, 5.74) is 0.0654. The van der Waals surface area contributed by atoms with Crippen LogP contribution in [0.2, 0.25) is 0 Å². The van der Waals surface area contributed by atoms with Gasteiger partial charge in [-0.1, -0.05) is 19.0 Å². The number of oxime groups is 1. The van der Waals surface area contributed by atoms with Gasteiger partial charge in [0.25, 0.3) is 0 Å². The molecule has 0 spiro atoms. The minimum atomic E-state index is -0.718. The van der Waals surface area contributed by atoms with Crippen molar-refractivity contribution in [3.05, 3.63) is 0 Å². The maximum atomic E-state index is 11.5. The molecule has 2 atom stereocenters. The van der Waals surface area contributed by atoms with Gasteiger partial charge in [0.1, 0.15) is 5.71 Å². The van der Waals surface area contributed by atoms with Crippen molar-refractivity contribution in [1.29, 1.82) is 5.26 Å². The SMILES string of the molecule is CNC(=O)O/N=C(/C(C)=O)[C@@H]1[C@H](CC#N)C1(C)C. The topological polar surface area (TPSA) is 91.5 Å². The van der Waals surface area contributed by atoms with Gasteiger partial charge < -0.3 is 5.32 Å². The molecule has 0 unspecified atom stereocenters. The second-order valence-corrected chi connectivity index (χ2v) is 4.93. The van der Waals surface area contributed by atoms with Crippen LogP contribution in [-0.2, 0) is 9.63 Å². The van der Waals surface area contributed by atoms with Crippen LogP contribution in [0.5, 0.6) is 0 Å². The van der Waals surface area contributed by atoms with Crippen molar-refractivity contribution in [1.82, 2.24) is 5.32 Å². The number of hydrogen-bond donors (Lipinski definition) is 1. The third-order valence-electron chi connectivity index (χ3n) is 3.45. The molecule has 1 aliphatic rings.